The summed E-state index contributed by atoms with van der Waals surface area (Å²) in [5.41, 5.74) is -1.47. The summed E-state index contributed by atoms with van der Waals surface area (Å²) in [7, 11) is 0. The van der Waals surface area contributed by atoms with Gasteiger partial charge in [0.05, 0.1) is 40.3 Å². The van der Waals surface area contributed by atoms with E-state index < -0.39 is 29.1 Å². The van der Waals surface area contributed by atoms with Gasteiger partial charge in [-0.15, -0.1) is 11.8 Å². The molecule has 1 aromatic heterocycles. The standard InChI is InChI=1S/C30H39ClF3N5O4S/c1-17-12-38(27(41)43-28(3,4)5)18(2)11-37(17)25-20-10-21(30(32,33)34)22(31)24-23(20)39(26(40)35-25)19(14-44-24)13-36-8-6-29(7-9-36)15-42-16-29/h10,17-19H,6-9,11-16H2,1-5H3/t17-,18+,19-/m0/s1. The number of halogens is 4. The number of carbonyl (C=O) groups is 1. The Balaban J connectivity index is 1.38. The molecule has 0 aliphatic carbocycles. The van der Waals surface area contributed by atoms with E-state index in [4.69, 9.17) is 21.1 Å². The van der Waals surface area contributed by atoms with Crippen LogP contribution in [-0.2, 0) is 15.7 Å². The molecular formula is C30H39ClF3N5O4S. The Labute approximate surface area is 264 Å². The number of benzene rings is 1. The number of rotatable bonds is 3. The van der Waals surface area contributed by atoms with E-state index in [0.717, 1.165) is 45.2 Å². The van der Waals surface area contributed by atoms with Crippen LogP contribution < -0.4 is 10.6 Å². The van der Waals surface area contributed by atoms with Crippen molar-refractivity contribution >= 4 is 46.2 Å². The van der Waals surface area contributed by atoms with Gasteiger partial charge in [-0.25, -0.2) is 9.59 Å². The van der Waals surface area contributed by atoms with Crippen molar-refractivity contribution in [2.24, 2.45) is 5.41 Å². The van der Waals surface area contributed by atoms with Crippen LogP contribution in [0.3, 0.4) is 0 Å². The Hall–Kier alpha value is -2.22. The average molecular weight is 658 g/mol. The summed E-state index contributed by atoms with van der Waals surface area (Å²) in [4.78, 5) is 37.3. The summed E-state index contributed by atoms with van der Waals surface area (Å²) < 4.78 is 55.5. The highest BCUT2D eigenvalue weighted by Gasteiger charge is 2.43. The minimum absolute atomic E-state index is 0.180. The number of likely N-dealkylation sites (tertiary alicyclic amines) is 1. The lowest BCUT2D eigenvalue weighted by atomic mass is 9.77. The summed E-state index contributed by atoms with van der Waals surface area (Å²) >= 11 is 7.72. The van der Waals surface area contributed by atoms with Crippen LogP contribution in [0.2, 0.25) is 5.02 Å². The SMILES string of the molecule is C[C@@H]1CN(c2nc(=O)n3c4c(c(Cl)c(C(F)(F)F)cc24)SC[C@@H]3CN2CCC3(CC2)COC3)[C@@H](C)CN1C(=O)OC(C)(C)C. The predicted molar refractivity (Wildman–Crippen MR) is 164 cm³/mol. The molecule has 44 heavy (non-hydrogen) atoms. The molecule has 0 radical (unpaired) electrons. The Kier molecular flexibility index (Phi) is 8.11. The van der Waals surface area contributed by atoms with Gasteiger partial charge >= 0.3 is 18.0 Å². The molecule has 4 aliphatic heterocycles. The van der Waals surface area contributed by atoms with Crippen LogP contribution in [0.15, 0.2) is 15.8 Å². The lowest BCUT2D eigenvalue weighted by molar-refractivity contribution is -0.140. The van der Waals surface area contributed by atoms with Gasteiger partial charge in [-0.05, 0) is 66.6 Å². The van der Waals surface area contributed by atoms with Gasteiger partial charge in [0.2, 0.25) is 0 Å². The van der Waals surface area contributed by atoms with Crippen LogP contribution in [0.1, 0.15) is 59.1 Å². The Morgan fingerprint density at radius 1 is 1.16 bits per heavy atom. The number of piperidine rings is 1. The van der Waals surface area contributed by atoms with Crippen molar-refractivity contribution in [3.05, 3.63) is 27.1 Å². The topological polar surface area (TPSA) is 80.1 Å². The molecule has 1 aromatic carbocycles. The van der Waals surface area contributed by atoms with Crippen LogP contribution in [0.4, 0.5) is 23.8 Å². The van der Waals surface area contributed by atoms with E-state index in [-0.39, 0.29) is 57.8 Å². The number of hydrogen-bond donors (Lipinski definition) is 0. The molecule has 1 amide bonds. The van der Waals surface area contributed by atoms with Gasteiger partial charge in [0.25, 0.3) is 0 Å². The number of thioether (sulfide) groups is 1. The van der Waals surface area contributed by atoms with Crippen molar-refractivity contribution in [1.29, 1.82) is 0 Å². The second kappa shape index (κ2) is 11.2. The van der Waals surface area contributed by atoms with E-state index in [0.29, 0.717) is 17.8 Å². The van der Waals surface area contributed by atoms with Gasteiger partial charge in [0.1, 0.15) is 11.4 Å². The normalized spacial score (nSPS) is 25.8. The third-order valence-corrected chi connectivity index (χ3v) is 11.0. The van der Waals surface area contributed by atoms with E-state index >= 15 is 0 Å². The molecule has 3 atom stereocenters. The fourth-order valence-corrected chi connectivity index (χ4v) is 8.41. The first-order chi connectivity index (χ1) is 20.6. The first-order valence-electron chi connectivity index (χ1n) is 15.1. The molecule has 0 bridgehead atoms. The number of anilines is 1. The van der Waals surface area contributed by atoms with Crippen LogP contribution in [0.25, 0.3) is 10.9 Å². The molecule has 6 rings (SSSR count). The first kappa shape index (κ1) is 31.7. The van der Waals surface area contributed by atoms with Crippen molar-refractivity contribution < 1.29 is 27.4 Å². The fourth-order valence-electron chi connectivity index (χ4n) is 6.80. The zero-order valence-corrected chi connectivity index (χ0v) is 27.2. The number of amides is 1. The van der Waals surface area contributed by atoms with Crippen LogP contribution in [0, 0.1) is 5.41 Å². The fraction of sp³-hybridized carbons (Fsp3) is 0.700. The number of piperazine rings is 1. The summed E-state index contributed by atoms with van der Waals surface area (Å²) in [5, 5.41) is -0.151. The highest BCUT2D eigenvalue weighted by molar-refractivity contribution is 7.99. The molecule has 0 saturated carbocycles. The number of ether oxygens (including phenoxy) is 2. The van der Waals surface area contributed by atoms with Crippen LogP contribution in [0.5, 0.6) is 0 Å². The lowest BCUT2D eigenvalue weighted by Crippen LogP contribution is -2.59. The number of aromatic nitrogens is 2. The molecule has 0 unspecified atom stereocenters. The monoisotopic (exact) mass is 657 g/mol. The second-order valence-electron chi connectivity index (χ2n) is 13.8. The minimum Gasteiger partial charge on any atom is -0.444 e. The van der Waals surface area contributed by atoms with Gasteiger partial charge < -0.3 is 24.2 Å². The van der Waals surface area contributed by atoms with Crippen molar-refractivity contribution in [1.82, 2.24) is 19.4 Å². The molecular weight excluding hydrogens is 619 g/mol. The highest BCUT2D eigenvalue weighted by atomic mass is 35.5. The maximum absolute atomic E-state index is 14.3. The maximum atomic E-state index is 14.3. The van der Waals surface area contributed by atoms with E-state index in [9.17, 15) is 22.8 Å². The molecule has 5 heterocycles. The van der Waals surface area contributed by atoms with Gasteiger partial charge in [-0.2, -0.15) is 18.2 Å². The Morgan fingerprint density at radius 2 is 1.84 bits per heavy atom. The number of carbonyl (C=O) groups excluding carboxylic acids is 1. The van der Waals surface area contributed by atoms with E-state index in [2.05, 4.69) is 9.88 Å². The second-order valence-corrected chi connectivity index (χ2v) is 15.2. The Bertz CT molecular complexity index is 1520. The molecule has 3 saturated heterocycles. The smallest absolute Gasteiger partial charge is 0.417 e. The minimum atomic E-state index is -4.69. The summed E-state index contributed by atoms with van der Waals surface area (Å²) in [5.74, 6) is 0.593. The molecule has 14 heteroatoms. The zero-order valence-electron chi connectivity index (χ0n) is 25.7. The van der Waals surface area contributed by atoms with Gasteiger partial charge in [0.15, 0.2) is 0 Å². The van der Waals surface area contributed by atoms with Gasteiger partial charge in [0, 0.05) is 48.3 Å². The molecule has 9 nitrogen and oxygen atoms in total. The zero-order chi connectivity index (χ0) is 31.8. The predicted octanol–water partition coefficient (Wildman–Crippen LogP) is 5.66. The molecule has 242 valence electrons. The number of hydrogen-bond acceptors (Lipinski definition) is 8. The number of nitrogens with zero attached hydrogens (tertiary/aromatic N) is 5. The molecule has 1 spiro atoms. The van der Waals surface area contributed by atoms with Crippen molar-refractivity contribution in [3.63, 3.8) is 0 Å². The first-order valence-corrected chi connectivity index (χ1v) is 16.5. The number of alkyl halides is 3. The Morgan fingerprint density at radius 3 is 2.43 bits per heavy atom. The van der Waals surface area contributed by atoms with Crippen LogP contribution >= 0.6 is 23.4 Å². The van der Waals surface area contributed by atoms with Crippen molar-refractivity contribution in [2.45, 2.75) is 82.3 Å². The highest BCUT2D eigenvalue weighted by Crippen LogP contribution is 2.48. The molecule has 3 fully saturated rings. The summed E-state index contributed by atoms with van der Waals surface area (Å²) in [6.07, 6.45) is -3.10. The molecule has 4 aliphatic rings. The third kappa shape index (κ3) is 5.78. The summed E-state index contributed by atoms with van der Waals surface area (Å²) in [6.45, 7) is 13.6. The van der Waals surface area contributed by atoms with Gasteiger partial charge in [-0.3, -0.25) is 4.57 Å². The lowest BCUT2D eigenvalue weighted by Gasteiger charge is -2.48. The van der Waals surface area contributed by atoms with Crippen LogP contribution in [-0.4, -0.2) is 94.8 Å². The molecule has 2 aromatic rings. The largest absolute Gasteiger partial charge is 0.444 e. The van der Waals surface area contributed by atoms with E-state index in [1.807, 2.05) is 18.7 Å². The van der Waals surface area contributed by atoms with Gasteiger partial charge in [-0.1, -0.05) is 11.6 Å². The maximum Gasteiger partial charge on any atom is 0.417 e. The molecule has 0 N–H and O–H groups in total. The van der Waals surface area contributed by atoms with Crippen molar-refractivity contribution in [2.75, 3.05) is 56.6 Å². The average Bonchev–Trinajstić information content (AvgIpc) is 2.91. The van der Waals surface area contributed by atoms with Crippen molar-refractivity contribution in [3.8, 4) is 0 Å². The van der Waals surface area contributed by atoms with E-state index in [1.165, 1.54) is 11.8 Å². The van der Waals surface area contributed by atoms with E-state index in [1.54, 1.807) is 30.2 Å². The summed E-state index contributed by atoms with van der Waals surface area (Å²) in [6, 6.07) is 0.0820. The third-order valence-electron chi connectivity index (χ3n) is 9.26. The quantitative estimate of drug-likeness (QED) is 0.419.